The Morgan fingerprint density at radius 3 is 2.64 bits per heavy atom. The molecule has 0 radical (unpaired) electrons. The molecule has 1 aromatic rings. The molecule has 1 atom stereocenters. The molecule has 0 aromatic heterocycles. The Morgan fingerprint density at radius 2 is 1.93 bits per heavy atom. The third kappa shape index (κ3) is 0.992. The molecule has 0 amide bonds. The van der Waals surface area contributed by atoms with Crippen molar-refractivity contribution in [1.82, 2.24) is 0 Å². The molecule has 74 valence electrons. The SMILES string of the molecule is NC1CCC2(CCC2)c2ccccc21. The van der Waals surface area contributed by atoms with E-state index in [2.05, 4.69) is 24.3 Å². The highest BCUT2D eigenvalue weighted by Gasteiger charge is 2.42. The number of benzene rings is 1. The average molecular weight is 187 g/mol. The predicted molar refractivity (Wildman–Crippen MR) is 58.1 cm³/mol. The van der Waals surface area contributed by atoms with Crippen molar-refractivity contribution in [2.24, 2.45) is 5.73 Å². The fourth-order valence-electron chi connectivity index (χ4n) is 3.15. The Labute approximate surface area is 85.3 Å². The zero-order valence-electron chi connectivity index (χ0n) is 8.50. The highest BCUT2D eigenvalue weighted by atomic mass is 14.7. The van der Waals surface area contributed by atoms with Gasteiger partial charge in [-0.15, -0.1) is 0 Å². The standard InChI is InChI=1S/C13H17N/c14-12-6-9-13(7-3-8-13)11-5-2-1-4-10(11)12/h1-2,4-5,12H,3,6-9,14H2. The second kappa shape index (κ2) is 2.83. The molecule has 0 bridgehead atoms. The van der Waals surface area contributed by atoms with Gasteiger partial charge in [-0.1, -0.05) is 30.7 Å². The summed E-state index contributed by atoms with van der Waals surface area (Å²) >= 11 is 0. The van der Waals surface area contributed by atoms with Crippen molar-refractivity contribution in [3.63, 3.8) is 0 Å². The van der Waals surface area contributed by atoms with Crippen molar-refractivity contribution >= 4 is 0 Å². The van der Waals surface area contributed by atoms with E-state index in [0.717, 1.165) is 0 Å². The van der Waals surface area contributed by atoms with E-state index in [4.69, 9.17) is 5.73 Å². The van der Waals surface area contributed by atoms with E-state index in [1.165, 1.54) is 37.7 Å². The van der Waals surface area contributed by atoms with E-state index in [1.807, 2.05) is 0 Å². The molecule has 14 heavy (non-hydrogen) atoms. The third-order valence-electron chi connectivity index (χ3n) is 4.18. The Hall–Kier alpha value is -0.820. The molecular weight excluding hydrogens is 170 g/mol. The minimum Gasteiger partial charge on any atom is -0.324 e. The van der Waals surface area contributed by atoms with E-state index in [-0.39, 0.29) is 6.04 Å². The van der Waals surface area contributed by atoms with Gasteiger partial charge in [0.25, 0.3) is 0 Å². The molecular formula is C13H17N. The second-order valence-electron chi connectivity index (χ2n) is 4.87. The molecule has 1 fully saturated rings. The van der Waals surface area contributed by atoms with Gasteiger partial charge in [-0.25, -0.2) is 0 Å². The first kappa shape index (κ1) is 8.49. The lowest BCUT2D eigenvalue weighted by molar-refractivity contribution is 0.199. The summed E-state index contributed by atoms with van der Waals surface area (Å²) in [5, 5.41) is 0. The van der Waals surface area contributed by atoms with Crippen LogP contribution in [0.2, 0.25) is 0 Å². The molecule has 1 spiro atoms. The minimum atomic E-state index is 0.289. The topological polar surface area (TPSA) is 26.0 Å². The molecule has 3 rings (SSSR count). The number of fused-ring (bicyclic) bond motifs is 2. The average Bonchev–Trinajstić information content (AvgIpc) is 2.17. The fraction of sp³-hybridized carbons (Fsp3) is 0.538. The van der Waals surface area contributed by atoms with Crippen LogP contribution in [0.5, 0.6) is 0 Å². The van der Waals surface area contributed by atoms with Crippen molar-refractivity contribution < 1.29 is 0 Å². The van der Waals surface area contributed by atoms with E-state index >= 15 is 0 Å². The van der Waals surface area contributed by atoms with Crippen molar-refractivity contribution in [2.45, 2.75) is 43.6 Å². The van der Waals surface area contributed by atoms with E-state index < -0.39 is 0 Å². The molecule has 1 heteroatoms. The summed E-state index contributed by atoms with van der Waals surface area (Å²) in [5.41, 5.74) is 9.66. The highest BCUT2D eigenvalue weighted by molar-refractivity contribution is 5.40. The summed E-state index contributed by atoms with van der Waals surface area (Å²) in [6.07, 6.45) is 6.67. The van der Waals surface area contributed by atoms with Gasteiger partial charge in [0.1, 0.15) is 0 Å². The monoisotopic (exact) mass is 187 g/mol. The van der Waals surface area contributed by atoms with E-state index in [0.29, 0.717) is 5.41 Å². The van der Waals surface area contributed by atoms with Gasteiger partial charge in [0, 0.05) is 6.04 Å². The summed E-state index contributed by atoms with van der Waals surface area (Å²) in [5.74, 6) is 0. The number of hydrogen-bond donors (Lipinski definition) is 1. The van der Waals surface area contributed by atoms with Gasteiger partial charge in [0.2, 0.25) is 0 Å². The van der Waals surface area contributed by atoms with Crippen LogP contribution in [0.3, 0.4) is 0 Å². The first-order valence-corrected chi connectivity index (χ1v) is 5.67. The van der Waals surface area contributed by atoms with Crippen molar-refractivity contribution in [2.75, 3.05) is 0 Å². The normalized spacial score (nSPS) is 28.2. The molecule has 1 saturated carbocycles. The largest absolute Gasteiger partial charge is 0.324 e. The van der Waals surface area contributed by atoms with E-state index in [9.17, 15) is 0 Å². The summed E-state index contributed by atoms with van der Waals surface area (Å²) in [6.45, 7) is 0. The summed E-state index contributed by atoms with van der Waals surface area (Å²) < 4.78 is 0. The lowest BCUT2D eigenvalue weighted by Crippen LogP contribution is -2.39. The van der Waals surface area contributed by atoms with Gasteiger partial charge in [0.05, 0.1) is 0 Å². The smallest absolute Gasteiger partial charge is 0.0298 e. The molecule has 2 aliphatic rings. The lowest BCUT2D eigenvalue weighted by Gasteiger charge is -2.47. The molecule has 0 aliphatic heterocycles. The van der Waals surface area contributed by atoms with Gasteiger partial charge in [-0.3, -0.25) is 0 Å². The van der Waals surface area contributed by atoms with Crippen LogP contribution in [0.15, 0.2) is 24.3 Å². The van der Waals surface area contributed by atoms with Crippen LogP contribution in [0, 0.1) is 0 Å². The zero-order valence-corrected chi connectivity index (χ0v) is 8.50. The van der Waals surface area contributed by atoms with E-state index in [1.54, 1.807) is 5.56 Å². The Balaban J connectivity index is 2.12. The van der Waals surface area contributed by atoms with Gasteiger partial charge in [-0.05, 0) is 42.2 Å². The maximum absolute atomic E-state index is 6.15. The first-order valence-electron chi connectivity index (χ1n) is 5.67. The fourth-order valence-corrected chi connectivity index (χ4v) is 3.15. The maximum Gasteiger partial charge on any atom is 0.0298 e. The third-order valence-corrected chi connectivity index (χ3v) is 4.18. The predicted octanol–water partition coefficient (Wildman–Crippen LogP) is 2.90. The number of rotatable bonds is 0. The summed E-state index contributed by atoms with van der Waals surface area (Å²) in [6, 6.07) is 9.09. The minimum absolute atomic E-state index is 0.289. The van der Waals surface area contributed by atoms with Crippen LogP contribution < -0.4 is 5.73 Å². The first-order chi connectivity index (χ1) is 6.82. The second-order valence-corrected chi connectivity index (χ2v) is 4.87. The zero-order chi connectivity index (χ0) is 9.60. The van der Waals surface area contributed by atoms with Gasteiger partial charge in [-0.2, -0.15) is 0 Å². The van der Waals surface area contributed by atoms with Crippen molar-refractivity contribution in [3.8, 4) is 0 Å². The van der Waals surface area contributed by atoms with Gasteiger partial charge in [0.15, 0.2) is 0 Å². The number of nitrogens with two attached hydrogens (primary N) is 1. The van der Waals surface area contributed by atoms with Crippen LogP contribution in [0.4, 0.5) is 0 Å². The molecule has 1 aromatic carbocycles. The van der Waals surface area contributed by atoms with Crippen LogP contribution in [-0.4, -0.2) is 0 Å². The maximum atomic E-state index is 6.15. The molecule has 2 N–H and O–H groups in total. The lowest BCUT2D eigenvalue weighted by atomic mass is 9.57. The van der Waals surface area contributed by atoms with Gasteiger partial charge < -0.3 is 5.73 Å². The Bertz CT molecular complexity index is 352. The van der Waals surface area contributed by atoms with Crippen LogP contribution in [0.1, 0.15) is 49.3 Å². The molecule has 2 aliphatic carbocycles. The summed E-state index contributed by atoms with van der Waals surface area (Å²) in [7, 11) is 0. The van der Waals surface area contributed by atoms with Crippen molar-refractivity contribution in [3.05, 3.63) is 35.4 Å². The van der Waals surface area contributed by atoms with Crippen LogP contribution in [0.25, 0.3) is 0 Å². The summed E-state index contributed by atoms with van der Waals surface area (Å²) in [4.78, 5) is 0. The molecule has 1 unspecified atom stereocenters. The molecule has 0 heterocycles. The quantitative estimate of drug-likeness (QED) is 0.664. The number of hydrogen-bond acceptors (Lipinski definition) is 1. The van der Waals surface area contributed by atoms with Gasteiger partial charge >= 0.3 is 0 Å². The molecule has 0 saturated heterocycles. The Kier molecular flexibility index (Phi) is 1.72. The molecule has 1 nitrogen and oxygen atoms in total. The van der Waals surface area contributed by atoms with Crippen LogP contribution >= 0.6 is 0 Å². The Morgan fingerprint density at radius 1 is 1.14 bits per heavy atom. The van der Waals surface area contributed by atoms with Crippen molar-refractivity contribution in [1.29, 1.82) is 0 Å². The highest BCUT2D eigenvalue weighted by Crippen LogP contribution is 2.52. The van der Waals surface area contributed by atoms with Crippen LogP contribution in [-0.2, 0) is 5.41 Å².